The van der Waals surface area contributed by atoms with Crippen molar-refractivity contribution >= 4 is 27.3 Å². The molecule has 0 saturated heterocycles. The van der Waals surface area contributed by atoms with Crippen LogP contribution in [0, 0.1) is 12.8 Å². The summed E-state index contributed by atoms with van der Waals surface area (Å²) in [6.07, 6.45) is 2.15. The van der Waals surface area contributed by atoms with E-state index in [4.69, 9.17) is 0 Å². The van der Waals surface area contributed by atoms with Gasteiger partial charge in [-0.15, -0.1) is 11.3 Å². The molecule has 1 unspecified atom stereocenters. The molecule has 2 aromatic rings. The van der Waals surface area contributed by atoms with Crippen LogP contribution in [0.15, 0.2) is 34.1 Å². The minimum Gasteiger partial charge on any atom is -0.317 e. The molecule has 0 aliphatic heterocycles. The number of nitrogens with one attached hydrogen (secondary N) is 1. The van der Waals surface area contributed by atoms with Crippen molar-refractivity contribution in [2.45, 2.75) is 26.7 Å². The summed E-state index contributed by atoms with van der Waals surface area (Å²) in [5, 5.41) is 6.87. The van der Waals surface area contributed by atoms with Crippen LogP contribution in [0.3, 0.4) is 0 Å². The Kier molecular flexibility index (Phi) is 6.20. The van der Waals surface area contributed by atoms with Crippen molar-refractivity contribution in [2.24, 2.45) is 5.92 Å². The van der Waals surface area contributed by atoms with E-state index in [2.05, 4.69) is 69.7 Å². The number of benzene rings is 1. The number of aryl methyl sites for hydroxylation is 1. The van der Waals surface area contributed by atoms with E-state index >= 15 is 0 Å². The smallest absolute Gasteiger partial charge is 0.0931 e. The molecule has 0 saturated carbocycles. The molecule has 0 fully saturated rings. The molecule has 1 aromatic heterocycles. The highest BCUT2D eigenvalue weighted by Crippen LogP contribution is 2.19. The van der Waals surface area contributed by atoms with Gasteiger partial charge in [-0.05, 0) is 50.0 Å². The maximum atomic E-state index is 4.60. The van der Waals surface area contributed by atoms with Crippen molar-refractivity contribution in [1.82, 2.24) is 10.3 Å². The van der Waals surface area contributed by atoms with Gasteiger partial charge in [0, 0.05) is 22.0 Å². The predicted octanol–water partition coefficient (Wildman–Crippen LogP) is 4.22. The maximum Gasteiger partial charge on any atom is 0.0931 e. The molecule has 0 aliphatic rings. The first-order valence-corrected chi connectivity index (χ1v) is 8.70. The van der Waals surface area contributed by atoms with Crippen LogP contribution in [-0.4, -0.2) is 18.1 Å². The zero-order valence-electron chi connectivity index (χ0n) is 12.0. The molecule has 0 aliphatic carbocycles. The molecule has 1 heterocycles. The van der Waals surface area contributed by atoms with Gasteiger partial charge in [0.2, 0.25) is 0 Å². The van der Waals surface area contributed by atoms with Gasteiger partial charge >= 0.3 is 0 Å². The molecule has 1 aromatic carbocycles. The summed E-state index contributed by atoms with van der Waals surface area (Å²) in [6.45, 7) is 6.29. The van der Waals surface area contributed by atoms with Gasteiger partial charge in [0.05, 0.1) is 5.01 Å². The highest BCUT2D eigenvalue weighted by molar-refractivity contribution is 9.10. The Morgan fingerprint density at radius 1 is 1.25 bits per heavy atom. The lowest BCUT2D eigenvalue weighted by molar-refractivity contribution is 0.477. The van der Waals surface area contributed by atoms with Crippen molar-refractivity contribution in [3.63, 3.8) is 0 Å². The van der Waals surface area contributed by atoms with Crippen molar-refractivity contribution < 1.29 is 0 Å². The molecule has 1 atom stereocenters. The van der Waals surface area contributed by atoms with Gasteiger partial charge in [-0.1, -0.05) is 35.0 Å². The Labute approximate surface area is 133 Å². The third-order valence-electron chi connectivity index (χ3n) is 3.25. The number of hydrogen-bond donors (Lipinski definition) is 1. The van der Waals surface area contributed by atoms with Gasteiger partial charge < -0.3 is 5.32 Å². The van der Waals surface area contributed by atoms with Crippen LogP contribution >= 0.6 is 27.3 Å². The Balaban J connectivity index is 2.00. The minimum atomic E-state index is 0.599. The highest BCUT2D eigenvalue weighted by Gasteiger charge is 2.12. The molecule has 2 rings (SSSR count). The van der Waals surface area contributed by atoms with Crippen molar-refractivity contribution in [2.75, 3.05) is 13.1 Å². The first kappa shape index (κ1) is 15.7. The van der Waals surface area contributed by atoms with Crippen LogP contribution in [0.1, 0.15) is 23.2 Å². The number of rotatable bonds is 7. The van der Waals surface area contributed by atoms with E-state index in [1.54, 1.807) is 11.3 Å². The lowest BCUT2D eigenvalue weighted by Crippen LogP contribution is -2.25. The summed E-state index contributed by atoms with van der Waals surface area (Å²) in [4.78, 5) is 4.60. The second kappa shape index (κ2) is 7.91. The largest absolute Gasteiger partial charge is 0.317 e. The fraction of sp³-hybridized carbons (Fsp3) is 0.438. The van der Waals surface area contributed by atoms with Crippen LogP contribution < -0.4 is 5.32 Å². The summed E-state index contributed by atoms with van der Waals surface area (Å²) in [5.74, 6) is 0.599. The van der Waals surface area contributed by atoms with E-state index in [9.17, 15) is 0 Å². The van der Waals surface area contributed by atoms with Crippen LogP contribution in [0.4, 0.5) is 0 Å². The molecule has 1 N–H and O–H groups in total. The van der Waals surface area contributed by atoms with Crippen LogP contribution in [0.2, 0.25) is 0 Å². The molecular formula is C16H21BrN2S. The fourth-order valence-corrected chi connectivity index (χ4v) is 3.41. The second-order valence-corrected chi connectivity index (χ2v) is 6.95. The molecule has 0 amide bonds. The summed E-state index contributed by atoms with van der Waals surface area (Å²) in [6, 6.07) is 8.65. The maximum absolute atomic E-state index is 4.60. The average molecular weight is 353 g/mol. The highest BCUT2D eigenvalue weighted by atomic mass is 79.9. The number of hydrogen-bond acceptors (Lipinski definition) is 3. The zero-order valence-corrected chi connectivity index (χ0v) is 14.4. The topological polar surface area (TPSA) is 24.9 Å². The fourth-order valence-electron chi connectivity index (χ4n) is 2.26. The van der Waals surface area contributed by atoms with Gasteiger partial charge in [0.1, 0.15) is 0 Å². The molecular weight excluding hydrogens is 332 g/mol. The molecule has 0 radical (unpaired) electrons. The predicted molar refractivity (Wildman–Crippen MR) is 90.4 cm³/mol. The van der Waals surface area contributed by atoms with Gasteiger partial charge in [-0.3, -0.25) is 0 Å². The van der Waals surface area contributed by atoms with E-state index in [0.29, 0.717) is 5.92 Å². The molecule has 0 bridgehead atoms. The molecule has 20 heavy (non-hydrogen) atoms. The zero-order chi connectivity index (χ0) is 14.4. The Morgan fingerprint density at radius 3 is 2.60 bits per heavy atom. The van der Waals surface area contributed by atoms with Gasteiger partial charge in [0.15, 0.2) is 0 Å². The lowest BCUT2D eigenvalue weighted by atomic mass is 9.96. The van der Waals surface area contributed by atoms with Crippen molar-refractivity contribution in [3.05, 3.63) is 50.4 Å². The average Bonchev–Trinajstić information content (AvgIpc) is 2.84. The third kappa shape index (κ3) is 5.00. The van der Waals surface area contributed by atoms with Crippen molar-refractivity contribution in [3.8, 4) is 0 Å². The molecule has 2 nitrogen and oxygen atoms in total. The van der Waals surface area contributed by atoms with Gasteiger partial charge in [-0.25, -0.2) is 4.98 Å². The van der Waals surface area contributed by atoms with E-state index in [1.807, 2.05) is 0 Å². The van der Waals surface area contributed by atoms with E-state index in [0.717, 1.165) is 36.1 Å². The van der Waals surface area contributed by atoms with Gasteiger partial charge in [0.25, 0.3) is 0 Å². The first-order chi connectivity index (χ1) is 9.67. The SMILES string of the molecule is CCNCC(Cc1ccc(Br)cc1)Cc1nc(C)cs1. The van der Waals surface area contributed by atoms with Crippen LogP contribution in [-0.2, 0) is 12.8 Å². The summed E-state index contributed by atoms with van der Waals surface area (Å²) in [7, 11) is 0. The minimum absolute atomic E-state index is 0.599. The number of halogens is 1. The monoisotopic (exact) mass is 352 g/mol. The summed E-state index contributed by atoms with van der Waals surface area (Å²) in [5.41, 5.74) is 2.53. The molecule has 0 spiro atoms. The lowest BCUT2D eigenvalue weighted by Gasteiger charge is -2.16. The number of thiazole rings is 1. The Bertz CT molecular complexity index is 522. The number of nitrogens with zero attached hydrogens (tertiary/aromatic N) is 1. The van der Waals surface area contributed by atoms with E-state index in [-0.39, 0.29) is 0 Å². The first-order valence-electron chi connectivity index (χ1n) is 7.03. The normalized spacial score (nSPS) is 12.6. The Morgan fingerprint density at radius 2 is 2.00 bits per heavy atom. The Hall–Kier alpha value is -0.710. The van der Waals surface area contributed by atoms with E-state index in [1.165, 1.54) is 10.6 Å². The summed E-state index contributed by atoms with van der Waals surface area (Å²) >= 11 is 5.27. The number of aromatic nitrogens is 1. The standard InChI is InChI=1S/C16H21BrN2S/c1-3-18-10-14(9-16-19-12(2)11-20-16)8-13-4-6-15(17)7-5-13/h4-7,11,14,18H,3,8-10H2,1-2H3. The third-order valence-corrected chi connectivity index (χ3v) is 4.77. The van der Waals surface area contributed by atoms with E-state index < -0.39 is 0 Å². The van der Waals surface area contributed by atoms with Crippen LogP contribution in [0.5, 0.6) is 0 Å². The molecule has 4 heteroatoms. The molecule has 108 valence electrons. The second-order valence-electron chi connectivity index (χ2n) is 5.09. The van der Waals surface area contributed by atoms with Crippen molar-refractivity contribution in [1.29, 1.82) is 0 Å². The van der Waals surface area contributed by atoms with Gasteiger partial charge in [-0.2, -0.15) is 0 Å². The summed E-state index contributed by atoms with van der Waals surface area (Å²) < 4.78 is 1.14. The van der Waals surface area contributed by atoms with Crippen LogP contribution in [0.25, 0.3) is 0 Å². The quantitative estimate of drug-likeness (QED) is 0.806.